The molecule has 0 spiro atoms. The Labute approximate surface area is 144 Å². The van der Waals surface area contributed by atoms with Gasteiger partial charge in [-0.05, 0) is 19.8 Å². The van der Waals surface area contributed by atoms with Crippen LogP contribution in [0.5, 0.6) is 0 Å². The lowest BCUT2D eigenvalue weighted by molar-refractivity contribution is -0.141. The van der Waals surface area contributed by atoms with Crippen molar-refractivity contribution in [2.24, 2.45) is 27.9 Å². The molecule has 0 bridgehead atoms. The van der Waals surface area contributed by atoms with Gasteiger partial charge in [-0.25, -0.2) is 0 Å². The van der Waals surface area contributed by atoms with Crippen LogP contribution in [0.25, 0.3) is 0 Å². The minimum absolute atomic E-state index is 0.0798. The molecule has 0 radical (unpaired) electrons. The van der Waals surface area contributed by atoms with Gasteiger partial charge in [-0.15, -0.1) is 0 Å². The number of hydrogen-bond donors (Lipinski definition) is 7. The Bertz CT molecular complexity index is 533. The fourth-order valence-electron chi connectivity index (χ4n) is 1.72. The van der Waals surface area contributed by atoms with Crippen LogP contribution in [-0.4, -0.2) is 59.4 Å². The zero-order valence-corrected chi connectivity index (χ0v) is 13.9. The molecule has 0 saturated heterocycles. The smallest absolute Gasteiger partial charge is 0.325 e. The summed E-state index contributed by atoms with van der Waals surface area (Å²) >= 11 is 0. The Balaban J connectivity index is 4.70. The van der Waals surface area contributed by atoms with Gasteiger partial charge >= 0.3 is 5.97 Å². The first-order chi connectivity index (χ1) is 11.5. The van der Waals surface area contributed by atoms with Crippen molar-refractivity contribution in [3.05, 3.63) is 0 Å². The molecule has 0 aliphatic carbocycles. The number of rotatable bonds is 11. The number of carbonyl (C=O) groups excluding carboxylic acids is 3. The second-order valence-electron chi connectivity index (χ2n) is 5.36. The molecule has 142 valence electrons. The van der Waals surface area contributed by atoms with Crippen LogP contribution in [0.15, 0.2) is 4.99 Å². The zero-order valence-electron chi connectivity index (χ0n) is 13.9. The quantitative estimate of drug-likeness (QED) is 0.110. The predicted octanol–water partition coefficient (Wildman–Crippen LogP) is -3.68. The number of aliphatic imine (C=N–C) groups is 1. The lowest BCUT2D eigenvalue weighted by atomic mass is 10.1. The number of hydrogen-bond acceptors (Lipinski definition) is 6. The summed E-state index contributed by atoms with van der Waals surface area (Å²) in [6.45, 7) is 1.52. The van der Waals surface area contributed by atoms with Crippen molar-refractivity contribution in [2.45, 2.75) is 44.3 Å². The van der Waals surface area contributed by atoms with Gasteiger partial charge in [0.1, 0.15) is 12.1 Å². The molecular weight excluding hydrogens is 334 g/mol. The lowest BCUT2D eigenvalue weighted by Crippen LogP contribution is -2.55. The topological polar surface area (TPSA) is 229 Å². The summed E-state index contributed by atoms with van der Waals surface area (Å²) in [5, 5.41) is 13.2. The van der Waals surface area contributed by atoms with E-state index < -0.39 is 48.2 Å². The van der Waals surface area contributed by atoms with E-state index in [9.17, 15) is 19.2 Å². The summed E-state index contributed by atoms with van der Waals surface area (Å²) in [5.41, 5.74) is 21.1. The lowest BCUT2D eigenvalue weighted by Gasteiger charge is -2.20. The van der Waals surface area contributed by atoms with Crippen molar-refractivity contribution in [2.75, 3.05) is 6.54 Å². The van der Waals surface area contributed by atoms with Gasteiger partial charge in [0.2, 0.25) is 17.7 Å². The molecule has 3 unspecified atom stereocenters. The van der Waals surface area contributed by atoms with E-state index in [1.165, 1.54) is 6.92 Å². The molecule has 12 nitrogen and oxygen atoms in total. The third kappa shape index (κ3) is 9.76. The van der Waals surface area contributed by atoms with Crippen molar-refractivity contribution in [3.8, 4) is 0 Å². The molecule has 0 aliphatic heterocycles. The highest BCUT2D eigenvalue weighted by Gasteiger charge is 2.27. The average Bonchev–Trinajstić information content (AvgIpc) is 2.49. The molecule has 0 aromatic carbocycles. The molecule has 0 aromatic rings. The molecule has 0 fully saturated rings. The fourth-order valence-corrected chi connectivity index (χ4v) is 1.72. The highest BCUT2D eigenvalue weighted by atomic mass is 16.4. The highest BCUT2D eigenvalue weighted by Crippen LogP contribution is 1.99. The first-order valence-corrected chi connectivity index (χ1v) is 7.47. The molecule has 0 rings (SSSR count). The largest absolute Gasteiger partial charge is 0.480 e. The number of carboxylic acids is 1. The Morgan fingerprint density at radius 1 is 1.08 bits per heavy atom. The number of nitrogens with one attached hydrogen (secondary N) is 2. The third-order valence-electron chi connectivity index (χ3n) is 3.07. The van der Waals surface area contributed by atoms with Crippen LogP contribution in [-0.2, 0) is 19.2 Å². The van der Waals surface area contributed by atoms with Gasteiger partial charge < -0.3 is 38.7 Å². The van der Waals surface area contributed by atoms with E-state index in [0.29, 0.717) is 6.42 Å². The fraction of sp³-hybridized carbons (Fsp3) is 0.615. The van der Waals surface area contributed by atoms with E-state index in [1.54, 1.807) is 0 Å². The van der Waals surface area contributed by atoms with Crippen LogP contribution < -0.4 is 33.6 Å². The first-order valence-electron chi connectivity index (χ1n) is 7.47. The Morgan fingerprint density at radius 3 is 2.16 bits per heavy atom. The Hall–Kier alpha value is -2.89. The van der Waals surface area contributed by atoms with Gasteiger partial charge in [0.15, 0.2) is 5.96 Å². The molecule has 3 amide bonds. The van der Waals surface area contributed by atoms with Crippen molar-refractivity contribution >= 4 is 29.7 Å². The average molecular weight is 359 g/mol. The maximum absolute atomic E-state index is 12.0. The molecule has 3 atom stereocenters. The van der Waals surface area contributed by atoms with E-state index in [2.05, 4.69) is 15.6 Å². The van der Waals surface area contributed by atoms with Crippen molar-refractivity contribution in [3.63, 3.8) is 0 Å². The maximum atomic E-state index is 12.0. The Kier molecular flexibility index (Phi) is 9.56. The summed E-state index contributed by atoms with van der Waals surface area (Å²) in [6.07, 6.45) is 0.166. The van der Waals surface area contributed by atoms with Crippen LogP contribution >= 0.6 is 0 Å². The normalized spacial score (nSPS) is 13.8. The molecule has 12 heteroatoms. The predicted molar refractivity (Wildman–Crippen MR) is 88.9 cm³/mol. The Morgan fingerprint density at radius 2 is 1.68 bits per heavy atom. The van der Waals surface area contributed by atoms with E-state index in [4.69, 9.17) is 28.0 Å². The molecule has 0 aliphatic rings. The summed E-state index contributed by atoms with van der Waals surface area (Å²) in [4.78, 5) is 49.6. The van der Waals surface area contributed by atoms with E-state index in [0.717, 1.165) is 0 Å². The molecule has 0 heterocycles. The monoisotopic (exact) mass is 359 g/mol. The van der Waals surface area contributed by atoms with Crippen LogP contribution in [0, 0.1) is 0 Å². The standard InChI is InChI=1S/C13H25N7O5/c1-6(12(24)25)19-11(23)8(5-9(15)21)20-10(22)7(14)3-2-4-18-13(16)17/h6-8H,2-5,14H2,1H3,(H2,15,21)(H,19,23)(H,20,22)(H,24,25)(H4,16,17,18). The number of nitrogens with two attached hydrogens (primary N) is 4. The highest BCUT2D eigenvalue weighted by molar-refractivity contribution is 5.94. The minimum Gasteiger partial charge on any atom is -0.480 e. The van der Waals surface area contributed by atoms with Crippen LogP contribution in [0.2, 0.25) is 0 Å². The van der Waals surface area contributed by atoms with Crippen LogP contribution in [0.3, 0.4) is 0 Å². The van der Waals surface area contributed by atoms with E-state index in [1.807, 2.05) is 0 Å². The van der Waals surface area contributed by atoms with Gasteiger partial charge in [0.25, 0.3) is 0 Å². The van der Waals surface area contributed by atoms with E-state index in [-0.39, 0.29) is 18.9 Å². The minimum atomic E-state index is -1.32. The number of carboxylic acid groups (broad SMARTS) is 1. The first kappa shape index (κ1) is 22.1. The van der Waals surface area contributed by atoms with Gasteiger partial charge in [0, 0.05) is 6.54 Å². The summed E-state index contributed by atoms with van der Waals surface area (Å²) in [6, 6.07) is -3.49. The molecule has 11 N–H and O–H groups in total. The van der Waals surface area contributed by atoms with Gasteiger partial charge in [-0.2, -0.15) is 0 Å². The SMILES string of the molecule is CC(NC(=O)C(CC(N)=O)NC(=O)C(N)CCCN=C(N)N)C(=O)O. The summed E-state index contributed by atoms with van der Waals surface area (Å²) in [5.74, 6) is -3.73. The zero-order chi connectivity index (χ0) is 19.6. The van der Waals surface area contributed by atoms with Crippen LogP contribution in [0.1, 0.15) is 26.2 Å². The van der Waals surface area contributed by atoms with E-state index >= 15 is 0 Å². The summed E-state index contributed by atoms with van der Waals surface area (Å²) < 4.78 is 0. The van der Waals surface area contributed by atoms with Crippen molar-refractivity contribution in [1.82, 2.24) is 10.6 Å². The number of carbonyl (C=O) groups is 4. The van der Waals surface area contributed by atoms with Gasteiger partial charge in [0.05, 0.1) is 12.5 Å². The third-order valence-corrected chi connectivity index (χ3v) is 3.07. The number of primary amides is 1. The van der Waals surface area contributed by atoms with Crippen molar-refractivity contribution < 1.29 is 24.3 Å². The number of aliphatic carboxylic acids is 1. The maximum Gasteiger partial charge on any atom is 0.325 e. The molecule has 25 heavy (non-hydrogen) atoms. The molecular formula is C13H25N7O5. The summed E-state index contributed by atoms with van der Waals surface area (Å²) in [7, 11) is 0. The molecule has 0 saturated carbocycles. The second kappa shape index (κ2) is 10.8. The molecule has 0 aromatic heterocycles. The second-order valence-corrected chi connectivity index (χ2v) is 5.36. The van der Waals surface area contributed by atoms with Crippen molar-refractivity contribution in [1.29, 1.82) is 0 Å². The number of guanidine groups is 1. The number of amides is 3. The van der Waals surface area contributed by atoms with Crippen LogP contribution in [0.4, 0.5) is 0 Å². The van der Waals surface area contributed by atoms with Gasteiger partial charge in [-0.3, -0.25) is 24.2 Å². The number of nitrogens with zero attached hydrogens (tertiary/aromatic N) is 1. The van der Waals surface area contributed by atoms with Gasteiger partial charge in [-0.1, -0.05) is 0 Å².